The van der Waals surface area contributed by atoms with E-state index in [1.54, 1.807) is 24.3 Å². The van der Waals surface area contributed by atoms with Gasteiger partial charge in [-0.1, -0.05) is 32.0 Å². The molecule has 44 heavy (non-hydrogen) atoms. The number of esters is 1. The number of nitrogens with one attached hydrogen (secondary N) is 1. The Kier molecular flexibility index (Phi) is 8.59. The molecule has 10 heteroatoms. The van der Waals surface area contributed by atoms with E-state index < -0.39 is 30.2 Å². The van der Waals surface area contributed by atoms with E-state index in [4.69, 9.17) is 24.5 Å². The first-order chi connectivity index (χ1) is 20.5. The van der Waals surface area contributed by atoms with E-state index in [9.17, 15) is 9.59 Å². The average Bonchev–Trinajstić information content (AvgIpc) is 3.29. The molecule has 9 nitrogen and oxygen atoms in total. The number of amides is 1. The number of ether oxygens (including phenoxy) is 2. The summed E-state index contributed by atoms with van der Waals surface area (Å²) in [6, 6.07) is 10.8. The second-order valence-electron chi connectivity index (χ2n) is 14.8. The van der Waals surface area contributed by atoms with Gasteiger partial charge < -0.3 is 34.7 Å². The highest BCUT2D eigenvalue weighted by Gasteiger charge is 2.68. The summed E-state index contributed by atoms with van der Waals surface area (Å²) in [4.78, 5) is 28.9. The molecule has 1 amide bonds. The van der Waals surface area contributed by atoms with Gasteiger partial charge in [0.1, 0.15) is 16.9 Å². The summed E-state index contributed by atoms with van der Waals surface area (Å²) in [6.45, 7) is 13.0. The number of carbonyl (C=O) groups is 2. The Hall–Kier alpha value is -3.08. The van der Waals surface area contributed by atoms with Crippen molar-refractivity contribution in [2.24, 2.45) is 17.3 Å². The second kappa shape index (κ2) is 11.7. The van der Waals surface area contributed by atoms with Gasteiger partial charge in [0.05, 0.1) is 24.8 Å². The quantitative estimate of drug-likeness (QED) is 0.236. The lowest BCUT2D eigenvalue weighted by atomic mass is 9.43. The minimum atomic E-state index is -0.690. The predicted molar refractivity (Wildman–Crippen MR) is 171 cm³/mol. The predicted octanol–water partition coefficient (Wildman–Crippen LogP) is 4.90. The van der Waals surface area contributed by atoms with Gasteiger partial charge >= 0.3 is 13.1 Å². The molecule has 4 aliphatic rings. The van der Waals surface area contributed by atoms with Gasteiger partial charge in [-0.05, 0) is 108 Å². The van der Waals surface area contributed by atoms with E-state index in [0.29, 0.717) is 47.4 Å². The van der Waals surface area contributed by atoms with Crippen LogP contribution in [-0.2, 0) is 27.0 Å². The van der Waals surface area contributed by atoms with Crippen molar-refractivity contribution in [1.82, 2.24) is 10.2 Å². The Morgan fingerprint density at radius 3 is 2.48 bits per heavy atom. The molecule has 0 radical (unpaired) electrons. The molecule has 4 unspecified atom stereocenters. The fraction of sp³-hybridized carbons (Fsp3) is 0.588. The number of benzene rings is 2. The van der Waals surface area contributed by atoms with Crippen LogP contribution in [-0.4, -0.2) is 68.3 Å². The Balaban J connectivity index is 1.45. The Morgan fingerprint density at radius 1 is 1.14 bits per heavy atom. The SMILES string of the molecule is COc1c(C[C@H](NC(=O)c2ccc(CN(C)C)c(N)c2)B2OC3CC4CC(C4(C)C)C3(C)O2)cccc1C(=O)OC(C)(C)C. The van der Waals surface area contributed by atoms with Crippen LogP contribution in [0, 0.1) is 17.3 Å². The maximum absolute atomic E-state index is 13.8. The number of carbonyl (C=O) groups excluding carboxylic acids is 2. The first-order valence-corrected chi connectivity index (χ1v) is 15.6. The van der Waals surface area contributed by atoms with Crippen LogP contribution < -0.4 is 15.8 Å². The van der Waals surface area contributed by atoms with E-state index in [-0.39, 0.29) is 17.4 Å². The van der Waals surface area contributed by atoms with Gasteiger partial charge in [0.2, 0.25) is 0 Å². The van der Waals surface area contributed by atoms with Crippen LogP contribution in [0.2, 0.25) is 0 Å². The average molecular weight is 606 g/mol. The van der Waals surface area contributed by atoms with Crippen molar-refractivity contribution >= 4 is 24.7 Å². The minimum absolute atomic E-state index is 0.0559. The second-order valence-corrected chi connectivity index (χ2v) is 14.8. The van der Waals surface area contributed by atoms with Gasteiger partial charge in [-0.2, -0.15) is 0 Å². The number of nitrogens with zero attached hydrogens (tertiary/aromatic N) is 1. The number of nitrogens with two attached hydrogens (primary N) is 1. The fourth-order valence-electron chi connectivity index (χ4n) is 7.48. The number of hydrogen-bond acceptors (Lipinski definition) is 8. The third-order valence-electron chi connectivity index (χ3n) is 9.87. The molecular formula is C34H48BN3O6. The van der Waals surface area contributed by atoms with Crippen LogP contribution in [0.4, 0.5) is 5.69 Å². The zero-order chi connectivity index (χ0) is 32.2. The van der Waals surface area contributed by atoms with Crippen LogP contribution in [0.1, 0.15) is 86.2 Å². The number of anilines is 1. The van der Waals surface area contributed by atoms with Gasteiger partial charge in [0.15, 0.2) is 0 Å². The summed E-state index contributed by atoms with van der Waals surface area (Å²) < 4.78 is 24.9. The number of para-hydroxylation sites is 1. The molecule has 3 N–H and O–H groups in total. The van der Waals surface area contributed by atoms with E-state index in [2.05, 4.69) is 26.1 Å². The molecule has 2 aromatic carbocycles. The molecule has 1 heterocycles. The fourth-order valence-corrected chi connectivity index (χ4v) is 7.48. The van der Waals surface area contributed by atoms with Crippen LogP contribution in [0.5, 0.6) is 5.75 Å². The molecule has 1 aliphatic heterocycles. The summed E-state index contributed by atoms with van der Waals surface area (Å²) in [5.74, 6) is 0.0413. The van der Waals surface area contributed by atoms with E-state index >= 15 is 0 Å². The van der Waals surface area contributed by atoms with Crippen molar-refractivity contribution in [3.63, 3.8) is 0 Å². The number of nitrogen functional groups attached to an aromatic ring is 1. The summed E-state index contributed by atoms with van der Waals surface area (Å²) in [5, 5.41) is 3.20. The molecule has 3 saturated carbocycles. The number of methoxy groups -OCH3 is 1. The monoisotopic (exact) mass is 605 g/mol. The summed E-state index contributed by atoms with van der Waals surface area (Å²) >= 11 is 0. The van der Waals surface area contributed by atoms with Crippen molar-refractivity contribution in [3.8, 4) is 5.75 Å². The van der Waals surface area contributed by atoms with Gasteiger partial charge in [0, 0.05) is 17.8 Å². The first-order valence-electron chi connectivity index (χ1n) is 15.6. The van der Waals surface area contributed by atoms with Crippen molar-refractivity contribution in [1.29, 1.82) is 0 Å². The molecule has 2 aromatic rings. The molecule has 3 aliphatic carbocycles. The number of hydrogen-bond donors (Lipinski definition) is 2. The van der Waals surface area contributed by atoms with Gasteiger partial charge in [0.25, 0.3) is 5.91 Å². The minimum Gasteiger partial charge on any atom is -0.496 e. The van der Waals surface area contributed by atoms with Crippen molar-refractivity contribution in [2.75, 3.05) is 26.9 Å². The Morgan fingerprint density at radius 2 is 1.86 bits per heavy atom. The van der Waals surface area contributed by atoms with Gasteiger partial charge in [-0.25, -0.2) is 4.79 Å². The Bertz CT molecular complexity index is 1420. The molecule has 1 saturated heterocycles. The highest BCUT2D eigenvalue weighted by Crippen LogP contribution is 2.65. The lowest BCUT2D eigenvalue weighted by molar-refractivity contribution is -0.199. The van der Waals surface area contributed by atoms with Crippen LogP contribution in [0.15, 0.2) is 36.4 Å². The molecule has 0 spiro atoms. The van der Waals surface area contributed by atoms with Crippen molar-refractivity contribution in [2.45, 2.75) is 90.6 Å². The molecule has 0 aromatic heterocycles. The zero-order valence-corrected chi connectivity index (χ0v) is 27.7. The zero-order valence-electron chi connectivity index (χ0n) is 27.7. The third kappa shape index (κ3) is 6.08. The normalized spacial score (nSPS) is 26.0. The summed E-state index contributed by atoms with van der Waals surface area (Å²) in [7, 11) is 4.79. The van der Waals surface area contributed by atoms with E-state index in [0.717, 1.165) is 24.0 Å². The summed E-state index contributed by atoms with van der Waals surface area (Å²) in [6.07, 6.45) is 2.31. The van der Waals surface area contributed by atoms with Gasteiger partial charge in [-0.15, -0.1) is 0 Å². The molecular weight excluding hydrogens is 557 g/mol. The van der Waals surface area contributed by atoms with Crippen LogP contribution in [0.25, 0.3) is 0 Å². The molecule has 238 valence electrons. The molecule has 6 rings (SSSR count). The number of rotatable bonds is 9. The smallest absolute Gasteiger partial charge is 0.482 e. The molecule has 4 fully saturated rings. The van der Waals surface area contributed by atoms with Crippen LogP contribution >= 0.6 is 0 Å². The highest BCUT2D eigenvalue weighted by atomic mass is 16.7. The third-order valence-corrected chi connectivity index (χ3v) is 9.87. The maximum atomic E-state index is 13.8. The highest BCUT2D eigenvalue weighted by molar-refractivity contribution is 6.48. The lowest BCUT2D eigenvalue weighted by Gasteiger charge is -2.64. The molecule has 5 atom stereocenters. The van der Waals surface area contributed by atoms with Gasteiger partial charge in [-0.3, -0.25) is 4.79 Å². The van der Waals surface area contributed by atoms with E-state index in [1.165, 1.54) is 7.11 Å². The van der Waals surface area contributed by atoms with Crippen LogP contribution in [0.3, 0.4) is 0 Å². The lowest BCUT2D eigenvalue weighted by Crippen LogP contribution is -2.65. The van der Waals surface area contributed by atoms with Crippen molar-refractivity contribution in [3.05, 3.63) is 58.7 Å². The largest absolute Gasteiger partial charge is 0.496 e. The summed E-state index contributed by atoms with van der Waals surface area (Å²) in [5.41, 5.74) is 8.43. The first kappa shape index (κ1) is 32.3. The maximum Gasteiger partial charge on any atom is 0.482 e. The topological polar surface area (TPSA) is 112 Å². The molecule has 2 bridgehead atoms. The van der Waals surface area contributed by atoms with Crippen molar-refractivity contribution < 1.29 is 28.4 Å². The standard InChI is InChI=1S/C34H48BN3O6/c1-32(2,3)42-31(40)24-12-10-11-20(29(24)41-9)16-28(37-30(39)21-13-14-22(19-38(7)8)25(36)15-21)35-43-27-18-23-17-26(33(23,4)5)34(27,6)44-35/h10-15,23,26-28H,16-19,36H2,1-9H3,(H,37,39)/t23?,26?,27?,28-,34?/m0/s1. The van der Waals surface area contributed by atoms with E-state index in [1.807, 2.05) is 51.9 Å². The Labute approximate surface area is 262 Å².